The minimum absolute atomic E-state index is 0.0746. The van der Waals surface area contributed by atoms with Crippen molar-refractivity contribution < 1.29 is 19.0 Å². The van der Waals surface area contributed by atoms with Gasteiger partial charge in [0.15, 0.2) is 18.3 Å². The molecular formula is C14H18O4. The summed E-state index contributed by atoms with van der Waals surface area (Å²) in [7, 11) is 1.55. The smallest absolute Gasteiger partial charge is 0.314 e. The van der Waals surface area contributed by atoms with Crippen molar-refractivity contribution in [3.8, 4) is 11.5 Å². The normalized spacial score (nSPS) is 14.3. The molecule has 1 aliphatic rings. The molecule has 1 aliphatic carbocycles. The highest BCUT2D eigenvalue weighted by molar-refractivity contribution is 5.78. The molecule has 1 fully saturated rings. The van der Waals surface area contributed by atoms with Gasteiger partial charge in [0.25, 0.3) is 0 Å². The van der Waals surface area contributed by atoms with Crippen LogP contribution in [0.2, 0.25) is 0 Å². The van der Waals surface area contributed by atoms with Crippen LogP contribution in [0.25, 0.3) is 0 Å². The Morgan fingerprint density at radius 2 is 2.11 bits per heavy atom. The van der Waals surface area contributed by atoms with Crippen molar-refractivity contribution in [1.29, 1.82) is 0 Å². The summed E-state index contributed by atoms with van der Waals surface area (Å²) in [6.07, 6.45) is 2.75. The lowest BCUT2D eigenvalue weighted by Crippen LogP contribution is -2.11. The van der Waals surface area contributed by atoms with E-state index in [0.29, 0.717) is 11.5 Å². The second kappa shape index (κ2) is 5.87. The van der Waals surface area contributed by atoms with Crippen molar-refractivity contribution in [3.63, 3.8) is 0 Å². The van der Waals surface area contributed by atoms with Gasteiger partial charge in [-0.2, -0.15) is 0 Å². The Labute approximate surface area is 107 Å². The first-order valence-electron chi connectivity index (χ1n) is 6.21. The van der Waals surface area contributed by atoms with Gasteiger partial charge in [0.1, 0.15) is 0 Å². The Hall–Kier alpha value is -1.55. The van der Waals surface area contributed by atoms with E-state index in [0.717, 1.165) is 24.8 Å². The lowest BCUT2D eigenvalue weighted by molar-refractivity contribution is -0.136. The molecule has 0 heterocycles. The predicted octanol–water partition coefficient (Wildman–Crippen LogP) is 2.55. The van der Waals surface area contributed by atoms with Gasteiger partial charge in [-0.05, 0) is 37.0 Å². The summed E-state index contributed by atoms with van der Waals surface area (Å²) in [6.45, 7) is 2.19. The van der Waals surface area contributed by atoms with E-state index in [-0.39, 0.29) is 18.7 Å². The Morgan fingerprint density at radius 3 is 2.72 bits per heavy atom. The fourth-order valence-corrected chi connectivity index (χ4v) is 1.60. The van der Waals surface area contributed by atoms with Gasteiger partial charge in [-0.3, -0.25) is 4.79 Å². The summed E-state index contributed by atoms with van der Waals surface area (Å²) < 4.78 is 15.6. The number of aryl methyl sites for hydroxylation is 1. The number of ether oxygens (including phenoxy) is 3. The van der Waals surface area contributed by atoms with Crippen LogP contribution in [-0.4, -0.2) is 19.9 Å². The van der Waals surface area contributed by atoms with Gasteiger partial charge in [-0.1, -0.05) is 13.0 Å². The molecule has 0 spiro atoms. The molecule has 0 amide bonds. The Kier molecular flexibility index (Phi) is 4.20. The molecule has 1 saturated carbocycles. The summed E-state index contributed by atoms with van der Waals surface area (Å²) >= 11 is 0. The van der Waals surface area contributed by atoms with Crippen molar-refractivity contribution >= 4 is 5.97 Å². The summed E-state index contributed by atoms with van der Waals surface area (Å²) in [4.78, 5) is 11.7. The lowest BCUT2D eigenvalue weighted by Gasteiger charge is -2.12. The number of hydrogen-bond donors (Lipinski definition) is 0. The Balaban J connectivity index is 2.13. The molecule has 0 atom stereocenters. The van der Waals surface area contributed by atoms with E-state index in [1.165, 1.54) is 0 Å². The first-order chi connectivity index (χ1) is 8.74. The van der Waals surface area contributed by atoms with Gasteiger partial charge >= 0.3 is 5.97 Å². The second-order valence-electron chi connectivity index (χ2n) is 4.38. The van der Waals surface area contributed by atoms with Crippen LogP contribution in [-0.2, 0) is 16.0 Å². The van der Waals surface area contributed by atoms with Crippen LogP contribution >= 0.6 is 0 Å². The molecule has 1 aromatic rings. The Morgan fingerprint density at radius 1 is 1.33 bits per heavy atom. The van der Waals surface area contributed by atoms with E-state index in [9.17, 15) is 4.79 Å². The number of hydrogen-bond acceptors (Lipinski definition) is 4. The molecule has 2 rings (SSSR count). The third-order valence-electron chi connectivity index (χ3n) is 2.87. The monoisotopic (exact) mass is 250 g/mol. The summed E-state index contributed by atoms with van der Waals surface area (Å²) in [5.74, 6) is 0.947. The maximum absolute atomic E-state index is 11.7. The minimum Gasteiger partial charge on any atom is -0.464 e. The van der Waals surface area contributed by atoms with E-state index in [2.05, 4.69) is 6.92 Å². The highest BCUT2D eigenvalue weighted by Crippen LogP contribution is 2.34. The van der Waals surface area contributed by atoms with Gasteiger partial charge in [0.05, 0.1) is 5.92 Å². The molecular weight excluding hydrogens is 232 g/mol. The maximum Gasteiger partial charge on any atom is 0.314 e. The van der Waals surface area contributed by atoms with E-state index in [1.807, 2.05) is 18.2 Å². The van der Waals surface area contributed by atoms with Gasteiger partial charge < -0.3 is 14.2 Å². The highest BCUT2D eigenvalue weighted by Gasteiger charge is 2.32. The number of esters is 1. The molecule has 0 aromatic heterocycles. The average molecular weight is 250 g/mol. The predicted molar refractivity (Wildman–Crippen MR) is 66.7 cm³/mol. The number of carbonyl (C=O) groups is 1. The maximum atomic E-state index is 11.7. The van der Waals surface area contributed by atoms with Crippen molar-refractivity contribution in [3.05, 3.63) is 23.8 Å². The summed E-state index contributed by atoms with van der Waals surface area (Å²) in [6, 6.07) is 5.62. The molecule has 98 valence electrons. The van der Waals surface area contributed by atoms with Crippen molar-refractivity contribution in [2.45, 2.75) is 26.2 Å². The summed E-state index contributed by atoms with van der Waals surface area (Å²) in [5, 5.41) is 0. The zero-order valence-electron chi connectivity index (χ0n) is 10.8. The number of rotatable bonds is 6. The number of methoxy groups -OCH3 is 1. The van der Waals surface area contributed by atoms with Crippen LogP contribution in [0.1, 0.15) is 25.3 Å². The fourth-order valence-electron chi connectivity index (χ4n) is 1.60. The van der Waals surface area contributed by atoms with Crippen molar-refractivity contribution in [2.75, 3.05) is 13.9 Å². The molecule has 4 heteroatoms. The molecule has 0 unspecified atom stereocenters. The molecule has 0 aliphatic heterocycles. The largest absolute Gasteiger partial charge is 0.464 e. The molecule has 1 aromatic carbocycles. The number of benzene rings is 1. The van der Waals surface area contributed by atoms with Crippen LogP contribution in [0.3, 0.4) is 0 Å². The van der Waals surface area contributed by atoms with Crippen LogP contribution in [0.15, 0.2) is 18.2 Å². The zero-order chi connectivity index (χ0) is 13.0. The second-order valence-corrected chi connectivity index (χ2v) is 4.38. The Bertz CT molecular complexity index is 424. The van der Waals surface area contributed by atoms with Gasteiger partial charge in [-0.15, -0.1) is 0 Å². The first kappa shape index (κ1) is 12.9. The summed E-state index contributed by atoms with van der Waals surface area (Å²) in [5.41, 5.74) is 1.11. The van der Waals surface area contributed by atoms with E-state index >= 15 is 0 Å². The minimum atomic E-state index is -0.162. The zero-order valence-corrected chi connectivity index (χ0v) is 10.8. The standard InChI is InChI=1S/C14H18O4/c1-3-10-4-7-12(17-9-16-2)13(8-10)18-14(15)11-5-6-11/h4,7-8,11H,3,5-6,9H2,1-2H3. The van der Waals surface area contributed by atoms with Gasteiger partial charge in [0, 0.05) is 7.11 Å². The molecule has 0 radical (unpaired) electrons. The topological polar surface area (TPSA) is 44.8 Å². The van der Waals surface area contributed by atoms with Crippen molar-refractivity contribution in [2.24, 2.45) is 5.92 Å². The van der Waals surface area contributed by atoms with Crippen LogP contribution in [0, 0.1) is 5.92 Å². The van der Waals surface area contributed by atoms with Crippen molar-refractivity contribution in [1.82, 2.24) is 0 Å². The van der Waals surface area contributed by atoms with Gasteiger partial charge in [0.2, 0.25) is 0 Å². The third kappa shape index (κ3) is 3.23. The van der Waals surface area contributed by atoms with E-state index in [1.54, 1.807) is 7.11 Å². The third-order valence-corrected chi connectivity index (χ3v) is 2.87. The van der Waals surface area contributed by atoms with Crippen LogP contribution in [0.4, 0.5) is 0 Å². The number of carbonyl (C=O) groups excluding carboxylic acids is 1. The fraction of sp³-hybridized carbons (Fsp3) is 0.500. The molecule has 0 N–H and O–H groups in total. The molecule has 4 nitrogen and oxygen atoms in total. The molecule has 0 saturated heterocycles. The van der Waals surface area contributed by atoms with E-state index < -0.39 is 0 Å². The van der Waals surface area contributed by atoms with E-state index in [4.69, 9.17) is 14.2 Å². The lowest BCUT2D eigenvalue weighted by atomic mass is 10.1. The molecule has 0 bridgehead atoms. The molecule has 18 heavy (non-hydrogen) atoms. The van der Waals surface area contributed by atoms with Crippen LogP contribution < -0.4 is 9.47 Å². The average Bonchev–Trinajstić information content (AvgIpc) is 3.21. The SMILES string of the molecule is CCc1ccc(OCOC)c(OC(=O)C2CC2)c1. The van der Waals surface area contributed by atoms with Gasteiger partial charge in [-0.25, -0.2) is 0 Å². The van der Waals surface area contributed by atoms with Crippen LogP contribution in [0.5, 0.6) is 11.5 Å². The quantitative estimate of drug-likeness (QED) is 0.442. The highest BCUT2D eigenvalue weighted by atomic mass is 16.7. The first-order valence-corrected chi connectivity index (χ1v) is 6.21.